The van der Waals surface area contributed by atoms with Gasteiger partial charge in [-0.05, 0) is 18.9 Å². The van der Waals surface area contributed by atoms with Crippen LogP contribution in [0, 0.1) is 0 Å². The zero-order valence-corrected chi connectivity index (χ0v) is 11.3. The van der Waals surface area contributed by atoms with Crippen LogP contribution < -0.4 is 5.73 Å². The molecule has 1 fully saturated rings. The van der Waals surface area contributed by atoms with Gasteiger partial charge in [0.2, 0.25) is 0 Å². The monoisotopic (exact) mass is 280 g/mol. The molecule has 7 heteroatoms. The van der Waals surface area contributed by atoms with E-state index in [9.17, 15) is 8.42 Å². The molecule has 1 aliphatic heterocycles. The second kappa shape index (κ2) is 4.57. The molecule has 0 saturated carbocycles. The van der Waals surface area contributed by atoms with E-state index in [1.54, 1.807) is 4.52 Å². The minimum Gasteiger partial charge on any atom is -0.326 e. The average Bonchev–Trinajstić information content (AvgIpc) is 2.82. The molecule has 0 aromatic carbocycles. The molecule has 2 aromatic heterocycles. The standard InChI is InChI=1S/C12H16N4O2S/c13-8-10-2-1-5-16-12(10)14-11(15-16)9-3-6-19(17,18)7-4-9/h1-2,5,9H,3-4,6-8,13H2. The number of aromatic nitrogens is 3. The Balaban J connectivity index is 1.94. The van der Waals surface area contributed by atoms with Gasteiger partial charge in [0.25, 0.3) is 0 Å². The van der Waals surface area contributed by atoms with Crippen LogP contribution in [0.25, 0.3) is 5.65 Å². The van der Waals surface area contributed by atoms with Gasteiger partial charge in [-0.15, -0.1) is 0 Å². The predicted octanol–water partition coefficient (Wildman–Crippen LogP) is 0.480. The molecular formula is C12H16N4O2S. The third kappa shape index (κ3) is 2.35. The van der Waals surface area contributed by atoms with E-state index >= 15 is 0 Å². The van der Waals surface area contributed by atoms with Gasteiger partial charge in [-0.2, -0.15) is 5.10 Å². The van der Waals surface area contributed by atoms with Gasteiger partial charge in [0.1, 0.15) is 9.84 Å². The Labute approximate surface area is 111 Å². The SMILES string of the molecule is NCc1cccn2nc(C3CCS(=O)(=O)CC3)nc12. The van der Waals surface area contributed by atoms with E-state index in [-0.39, 0.29) is 17.4 Å². The van der Waals surface area contributed by atoms with E-state index in [0.717, 1.165) is 17.0 Å². The van der Waals surface area contributed by atoms with Crippen molar-refractivity contribution in [1.82, 2.24) is 14.6 Å². The molecule has 3 heterocycles. The Morgan fingerprint density at radius 3 is 2.79 bits per heavy atom. The molecule has 2 N–H and O–H groups in total. The molecule has 102 valence electrons. The lowest BCUT2D eigenvalue weighted by Crippen LogP contribution is -2.22. The van der Waals surface area contributed by atoms with Crippen molar-refractivity contribution < 1.29 is 8.42 Å². The van der Waals surface area contributed by atoms with E-state index in [2.05, 4.69) is 10.1 Å². The molecular weight excluding hydrogens is 264 g/mol. The van der Waals surface area contributed by atoms with Crippen molar-refractivity contribution in [3.05, 3.63) is 29.7 Å². The number of pyridine rings is 1. The molecule has 19 heavy (non-hydrogen) atoms. The fourth-order valence-corrected chi connectivity index (χ4v) is 3.95. The van der Waals surface area contributed by atoms with Crippen molar-refractivity contribution in [2.75, 3.05) is 11.5 Å². The summed E-state index contributed by atoms with van der Waals surface area (Å²) < 4.78 is 24.6. The van der Waals surface area contributed by atoms with Gasteiger partial charge in [-0.3, -0.25) is 0 Å². The van der Waals surface area contributed by atoms with Gasteiger partial charge in [-0.1, -0.05) is 6.07 Å². The summed E-state index contributed by atoms with van der Waals surface area (Å²) in [5.74, 6) is 1.33. The highest BCUT2D eigenvalue weighted by Crippen LogP contribution is 2.27. The van der Waals surface area contributed by atoms with Crippen LogP contribution in [0.15, 0.2) is 18.3 Å². The lowest BCUT2D eigenvalue weighted by Gasteiger charge is -2.18. The summed E-state index contributed by atoms with van der Waals surface area (Å²) in [6.45, 7) is 0.418. The molecule has 0 unspecified atom stereocenters. The number of fused-ring (bicyclic) bond motifs is 1. The minimum atomic E-state index is -2.85. The Bertz CT molecular complexity index is 694. The highest BCUT2D eigenvalue weighted by Gasteiger charge is 2.27. The molecule has 1 saturated heterocycles. The smallest absolute Gasteiger partial charge is 0.160 e. The van der Waals surface area contributed by atoms with Gasteiger partial charge in [0, 0.05) is 24.2 Å². The van der Waals surface area contributed by atoms with Gasteiger partial charge in [-0.25, -0.2) is 17.9 Å². The fourth-order valence-electron chi connectivity index (χ4n) is 2.46. The van der Waals surface area contributed by atoms with Gasteiger partial charge >= 0.3 is 0 Å². The minimum absolute atomic E-state index is 0.133. The van der Waals surface area contributed by atoms with E-state index in [1.807, 2.05) is 18.3 Å². The highest BCUT2D eigenvalue weighted by atomic mass is 32.2. The number of nitrogens with two attached hydrogens (primary N) is 1. The number of sulfone groups is 1. The van der Waals surface area contributed by atoms with Crippen LogP contribution in [0.4, 0.5) is 0 Å². The van der Waals surface area contributed by atoms with Crippen LogP contribution in [-0.4, -0.2) is 34.5 Å². The van der Waals surface area contributed by atoms with Crippen LogP contribution in [0.3, 0.4) is 0 Å². The van der Waals surface area contributed by atoms with E-state index in [4.69, 9.17) is 5.73 Å². The number of hydrogen-bond donors (Lipinski definition) is 1. The van der Waals surface area contributed by atoms with Crippen LogP contribution >= 0.6 is 0 Å². The summed E-state index contributed by atoms with van der Waals surface area (Å²) >= 11 is 0. The normalized spacial score (nSPS) is 19.8. The van der Waals surface area contributed by atoms with E-state index < -0.39 is 9.84 Å². The zero-order valence-electron chi connectivity index (χ0n) is 10.5. The summed E-state index contributed by atoms with van der Waals surface area (Å²) in [6, 6.07) is 3.82. The van der Waals surface area contributed by atoms with Crippen LogP contribution in [0.5, 0.6) is 0 Å². The van der Waals surface area contributed by atoms with Crippen molar-refractivity contribution in [3.63, 3.8) is 0 Å². The lowest BCUT2D eigenvalue weighted by molar-refractivity contribution is 0.537. The van der Waals surface area contributed by atoms with Crippen molar-refractivity contribution in [2.45, 2.75) is 25.3 Å². The Hall–Kier alpha value is -1.47. The first-order valence-electron chi connectivity index (χ1n) is 6.34. The van der Waals surface area contributed by atoms with Crippen LogP contribution in [-0.2, 0) is 16.4 Å². The number of nitrogens with zero attached hydrogens (tertiary/aromatic N) is 3. The maximum Gasteiger partial charge on any atom is 0.160 e. The summed E-state index contributed by atoms with van der Waals surface area (Å²) in [7, 11) is -2.85. The molecule has 3 rings (SSSR count). The predicted molar refractivity (Wildman–Crippen MR) is 71.5 cm³/mol. The highest BCUT2D eigenvalue weighted by molar-refractivity contribution is 7.91. The molecule has 0 radical (unpaired) electrons. The molecule has 1 aliphatic rings. The van der Waals surface area contributed by atoms with Gasteiger partial charge in [0.15, 0.2) is 11.5 Å². The maximum atomic E-state index is 11.4. The Kier molecular flexibility index (Phi) is 3.02. The average molecular weight is 280 g/mol. The topological polar surface area (TPSA) is 90.4 Å². The van der Waals surface area contributed by atoms with Gasteiger partial charge in [0.05, 0.1) is 11.5 Å². The first-order chi connectivity index (χ1) is 9.09. The lowest BCUT2D eigenvalue weighted by atomic mass is 10.0. The van der Waals surface area contributed by atoms with Crippen molar-refractivity contribution >= 4 is 15.5 Å². The summed E-state index contributed by atoms with van der Waals surface area (Å²) in [4.78, 5) is 4.53. The molecule has 0 amide bonds. The van der Waals surface area contributed by atoms with E-state index in [1.165, 1.54) is 0 Å². The molecule has 0 spiro atoms. The Morgan fingerprint density at radius 2 is 2.11 bits per heavy atom. The van der Waals surface area contributed by atoms with Crippen LogP contribution in [0.2, 0.25) is 0 Å². The van der Waals surface area contributed by atoms with Crippen molar-refractivity contribution in [2.24, 2.45) is 5.73 Å². The summed E-state index contributed by atoms with van der Waals surface area (Å²) in [5.41, 5.74) is 7.40. The first-order valence-corrected chi connectivity index (χ1v) is 8.16. The summed E-state index contributed by atoms with van der Waals surface area (Å²) in [5, 5.41) is 4.45. The van der Waals surface area contributed by atoms with Crippen LogP contribution in [0.1, 0.15) is 30.1 Å². The maximum absolute atomic E-state index is 11.4. The fraction of sp³-hybridized carbons (Fsp3) is 0.500. The Morgan fingerprint density at radius 1 is 1.37 bits per heavy atom. The second-order valence-corrected chi connectivity index (χ2v) is 7.21. The molecule has 0 atom stereocenters. The third-order valence-corrected chi connectivity index (χ3v) is 5.31. The first kappa shape index (κ1) is 12.6. The zero-order chi connectivity index (χ0) is 13.5. The molecule has 0 aliphatic carbocycles. The number of hydrogen-bond acceptors (Lipinski definition) is 5. The van der Waals surface area contributed by atoms with Crippen molar-refractivity contribution in [1.29, 1.82) is 0 Å². The number of rotatable bonds is 2. The molecule has 2 aromatic rings. The van der Waals surface area contributed by atoms with Crippen molar-refractivity contribution in [3.8, 4) is 0 Å². The molecule has 0 bridgehead atoms. The molecule has 6 nitrogen and oxygen atoms in total. The summed E-state index contributed by atoms with van der Waals surface area (Å²) in [6.07, 6.45) is 3.05. The quantitative estimate of drug-likeness (QED) is 0.864. The second-order valence-electron chi connectivity index (χ2n) is 4.90. The third-order valence-electron chi connectivity index (χ3n) is 3.60. The van der Waals surface area contributed by atoms with Gasteiger partial charge < -0.3 is 5.73 Å². The largest absolute Gasteiger partial charge is 0.326 e. The van der Waals surface area contributed by atoms with E-state index in [0.29, 0.717) is 19.4 Å².